The van der Waals surface area contributed by atoms with Crippen molar-refractivity contribution in [2.75, 3.05) is 17.2 Å². The number of benzene rings is 1. The summed E-state index contributed by atoms with van der Waals surface area (Å²) in [4.78, 5) is 8.16. The van der Waals surface area contributed by atoms with E-state index in [9.17, 15) is 13.2 Å². The molecule has 3 rings (SSSR count). The number of halogens is 4. The van der Waals surface area contributed by atoms with Gasteiger partial charge in [0.1, 0.15) is 35.3 Å². The van der Waals surface area contributed by atoms with Crippen molar-refractivity contribution in [3.63, 3.8) is 0 Å². The van der Waals surface area contributed by atoms with Gasteiger partial charge in [0.15, 0.2) is 5.82 Å². The molecule has 0 unspecified atom stereocenters. The highest BCUT2D eigenvalue weighted by atomic mass is 35.5. The van der Waals surface area contributed by atoms with Crippen molar-refractivity contribution in [1.29, 1.82) is 0 Å². The number of nitrogens with one attached hydrogen (secondary N) is 2. The first-order valence-corrected chi connectivity index (χ1v) is 7.56. The summed E-state index contributed by atoms with van der Waals surface area (Å²) in [6, 6.07) is 1.22. The van der Waals surface area contributed by atoms with Gasteiger partial charge in [-0.3, -0.25) is 0 Å². The van der Waals surface area contributed by atoms with E-state index in [1.165, 1.54) is 12.5 Å². The molecule has 2 N–H and O–H groups in total. The molecule has 0 amide bonds. The lowest BCUT2D eigenvalue weighted by molar-refractivity contribution is 0.283. The van der Waals surface area contributed by atoms with E-state index in [1.54, 1.807) is 12.2 Å². The highest BCUT2D eigenvalue weighted by molar-refractivity contribution is 6.32. The zero-order valence-electron chi connectivity index (χ0n) is 12.7. The van der Waals surface area contributed by atoms with E-state index in [1.807, 2.05) is 0 Å². The predicted octanol–water partition coefficient (Wildman–Crippen LogP) is 4.00. The Kier molecular flexibility index (Phi) is 5.08. The fourth-order valence-corrected chi connectivity index (χ4v) is 2.23. The molecule has 1 aliphatic rings. The Morgan fingerprint density at radius 3 is 2.64 bits per heavy atom. The molecule has 2 aromatic rings. The molecule has 1 aromatic carbocycles. The third-order valence-electron chi connectivity index (χ3n) is 3.24. The third kappa shape index (κ3) is 4.21. The molecule has 0 aliphatic carbocycles. The average Bonchev–Trinajstić information content (AvgIpc) is 2.57. The summed E-state index contributed by atoms with van der Waals surface area (Å²) in [5.74, 6) is -2.59. The highest BCUT2D eigenvalue weighted by Gasteiger charge is 2.13. The second-order valence-electron chi connectivity index (χ2n) is 5.03. The fraction of sp³-hybridized carbons (Fsp3) is 0.125. The molecule has 0 fully saturated rings. The molecule has 0 bridgehead atoms. The first-order valence-electron chi connectivity index (χ1n) is 7.18. The number of rotatable bonds is 5. The van der Waals surface area contributed by atoms with Crippen LogP contribution in [0, 0.1) is 17.5 Å². The number of hydrogen-bond donors (Lipinski definition) is 2. The van der Waals surface area contributed by atoms with Gasteiger partial charge in [0.2, 0.25) is 5.95 Å². The van der Waals surface area contributed by atoms with Crippen LogP contribution in [0.5, 0.6) is 0 Å². The third-order valence-corrected chi connectivity index (χ3v) is 3.52. The molecule has 1 aliphatic heterocycles. The molecular weight excluding hydrogens is 357 g/mol. The van der Waals surface area contributed by atoms with Gasteiger partial charge in [-0.15, -0.1) is 0 Å². The summed E-state index contributed by atoms with van der Waals surface area (Å²) in [6.07, 6.45) is 6.44. The Labute approximate surface area is 146 Å². The maximum absolute atomic E-state index is 13.7. The largest absolute Gasteiger partial charge is 0.495 e. The van der Waals surface area contributed by atoms with Gasteiger partial charge in [0, 0.05) is 24.2 Å². The van der Waals surface area contributed by atoms with Crippen molar-refractivity contribution in [3.05, 3.63) is 70.5 Å². The van der Waals surface area contributed by atoms with Crippen LogP contribution in [0.1, 0.15) is 5.56 Å². The molecule has 9 heteroatoms. The summed E-state index contributed by atoms with van der Waals surface area (Å²) in [5.41, 5.74) is 0.312. The van der Waals surface area contributed by atoms with Crippen LogP contribution in [-0.4, -0.2) is 16.6 Å². The molecule has 25 heavy (non-hydrogen) atoms. The Hall–Kier alpha value is -2.74. The maximum atomic E-state index is 13.7. The number of anilines is 2. The molecule has 2 heterocycles. The van der Waals surface area contributed by atoms with Gasteiger partial charge in [0.25, 0.3) is 0 Å². The number of hydrogen-bond acceptors (Lipinski definition) is 5. The van der Waals surface area contributed by atoms with E-state index in [4.69, 9.17) is 16.3 Å². The van der Waals surface area contributed by atoms with Gasteiger partial charge in [-0.05, 0) is 12.2 Å². The summed E-state index contributed by atoms with van der Waals surface area (Å²) in [6.45, 7) is 0.216. The molecule has 0 saturated carbocycles. The van der Waals surface area contributed by atoms with Crippen LogP contribution < -0.4 is 10.6 Å². The molecule has 0 radical (unpaired) electrons. The Balaban J connectivity index is 1.75. The Morgan fingerprint density at radius 1 is 1.20 bits per heavy atom. The molecule has 0 spiro atoms. The summed E-state index contributed by atoms with van der Waals surface area (Å²) in [7, 11) is 0. The standard InChI is InChI=1S/C16H12ClF3N4O/c17-12-7-22-16(23-10-2-1-3-25-8-10)24-15(12)21-6-11-13(19)4-9(18)5-14(11)20/h1-2,4-5,7-8H,3,6H2,(H2,21,22,23,24). The quantitative estimate of drug-likeness (QED) is 0.835. The normalized spacial score (nSPS) is 13.2. The van der Waals surface area contributed by atoms with E-state index < -0.39 is 17.5 Å². The van der Waals surface area contributed by atoms with E-state index >= 15 is 0 Å². The van der Waals surface area contributed by atoms with Crippen LogP contribution in [0.4, 0.5) is 24.9 Å². The summed E-state index contributed by atoms with van der Waals surface area (Å²) < 4.78 is 45.4. The van der Waals surface area contributed by atoms with Gasteiger partial charge >= 0.3 is 0 Å². The monoisotopic (exact) mass is 368 g/mol. The lowest BCUT2D eigenvalue weighted by Crippen LogP contribution is -2.10. The zero-order chi connectivity index (χ0) is 17.8. The van der Waals surface area contributed by atoms with Crippen molar-refractivity contribution >= 4 is 23.4 Å². The smallest absolute Gasteiger partial charge is 0.229 e. The number of allylic oxidation sites excluding steroid dienone is 1. The SMILES string of the molecule is Fc1cc(F)c(CNc2nc(NC3=COCC=C3)ncc2Cl)c(F)c1. The van der Waals surface area contributed by atoms with Crippen LogP contribution in [0.25, 0.3) is 0 Å². The fourth-order valence-electron chi connectivity index (χ4n) is 2.07. The lowest BCUT2D eigenvalue weighted by Gasteiger charge is -2.12. The minimum absolute atomic E-state index is 0.165. The molecule has 130 valence electrons. The van der Waals surface area contributed by atoms with Crippen LogP contribution in [0.3, 0.4) is 0 Å². The average molecular weight is 369 g/mol. The van der Waals surface area contributed by atoms with Gasteiger partial charge < -0.3 is 15.4 Å². The lowest BCUT2D eigenvalue weighted by atomic mass is 10.2. The van der Waals surface area contributed by atoms with Gasteiger partial charge in [-0.2, -0.15) is 4.98 Å². The minimum Gasteiger partial charge on any atom is -0.495 e. The second-order valence-corrected chi connectivity index (χ2v) is 5.43. The first-order chi connectivity index (χ1) is 12.0. The van der Waals surface area contributed by atoms with E-state index in [2.05, 4.69) is 20.6 Å². The maximum Gasteiger partial charge on any atom is 0.229 e. The van der Waals surface area contributed by atoms with Crippen molar-refractivity contribution in [2.24, 2.45) is 0 Å². The van der Waals surface area contributed by atoms with Gasteiger partial charge in [-0.1, -0.05) is 11.6 Å². The topological polar surface area (TPSA) is 59.1 Å². The second kappa shape index (κ2) is 7.43. The van der Waals surface area contributed by atoms with Crippen molar-refractivity contribution in [1.82, 2.24) is 9.97 Å². The molecule has 1 aromatic heterocycles. The van der Waals surface area contributed by atoms with E-state index in [0.717, 1.165) is 0 Å². The predicted molar refractivity (Wildman–Crippen MR) is 87.5 cm³/mol. The zero-order valence-corrected chi connectivity index (χ0v) is 13.4. The van der Waals surface area contributed by atoms with Crippen LogP contribution in [-0.2, 0) is 11.3 Å². The molecule has 5 nitrogen and oxygen atoms in total. The van der Waals surface area contributed by atoms with Crippen LogP contribution >= 0.6 is 11.6 Å². The first kappa shape index (κ1) is 17.1. The van der Waals surface area contributed by atoms with E-state index in [-0.39, 0.29) is 28.9 Å². The molecular formula is C16H12ClF3N4O. The van der Waals surface area contributed by atoms with Gasteiger partial charge in [0.05, 0.1) is 11.9 Å². The summed E-state index contributed by atoms with van der Waals surface area (Å²) in [5, 5.41) is 5.79. The minimum atomic E-state index is -0.997. The number of ether oxygens (including phenoxy) is 1. The Morgan fingerprint density at radius 2 is 1.96 bits per heavy atom. The van der Waals surface area contributed by atoms with Crippen molar-refractivity contribution < 1.29 is 17.9 Å². The highest BCUT2D eigenvalue weighted by Crippen LogP contribution is 2.22. The summed E-state index contributed by atoms with van der Waals surface area (Å²) >= 11 is 5.99. The van der Waals surface area contributed by atoms with Gasteiger partial charge in [-0.25, -0.2) is 18.2 Å². The molecule has 0 atom stereocenters. The Bertz CT molecular complexity index is 834. The van der Waals surface area contributed by atoms with Crippen molar-refractivity contribution in [2.45, 2.75) is 6.54 Å². The van der Waals surface area contributed by atoms with Crippen LogP contribution in [0.2, 0.25) is 5.02 Å². The van der Waals surface area contributed by atoms with Crippen molar-refractivity contribution in [3.8, 4) is 0 Å². The number of nitrogens with zero attached hydrogens (tertiary/aromatic N) is 2. The van der Waals surface area contributed by atoms with E-state index in [0.29, 0.717) is 24.4 Å². The molecule has 0 saturated heterocycles. The number of aromatic nitrogens is 2. The van der Waals surface area contributed by atoms with Crippen LogP contribution in [0.15, 0.2) is 42.4 Å².